The summed E-state index contributed by atoms with van der Waals surface area (Å²) in [5.74, 6) is -0.599. The Hall–Kier alpha value is -2.87. The third-order valence-corrected chi connectivity index (χ3v) is 4.16. The number of nitriles is 1. The van der Waals surface area contributed by atoms with Crippen molar-refractivity contribution in [3.8, 4) is 17.2 Å². The quantitative estimate of drug-likeness (QED) is 0.943. The summed E-state index contributed by atoms with van der Waals surface area (Å²) in [6, 6.07) is 13.8. The van der Waals surface area contributed by atoms with Crippen molar-refractivity contribution in [1.29, 1.82) is 5.26 Å². The molecule has 1 aliphatic rings. The van der Waals surface area contributed by atoms with Gasteiger partial charge in [-0.2, -0.15) is 5.26 Å². The van der Waals surface area contributed by atoms with Crippen LogP contribution in [-0.2, 0) is 4.79 Å². The van der Waals surface area contributed by atoms with Gasteiger partial charge in [0.25, 0.3) is 0 Å². The summed E-state index contributed by atoms with van der Waals surface area (Å²) >= 11 is 0. The first-order valence-corrected chi connectivity index (χ1v) is 7.62. The minimum atomic E-state index is -0.783. The van der Waals surface area contributed by atoms with E-state index in [1.165, 1.54) is 0 Å². The van der Waals surface area contributed by atoms with E-state index >= 15 is 0 Å². The van der Waals surface area contributed by atoms with Crippen molar-refractivity contribution in [2.75, 3.05) is 18.0 Å². The third kappa shape index (κ3) is 3.16. The molecule has 1 fully saturated rings. The molecule has 1 aromatic carbocycles. The number of pyridine rings is 1. The summed E-state index contributed by atoms with van der Waals surface area (Å²) in [6.07, 6.45) is 3.22. The molecule has 2 aromatic rings. The molecule has 3 rings (SSSR count). The summed E-state index contributed by atoms with van der Waals surface area (Å²) in [4.78, 5) is 17.6. The zero-order valence-corrected chi connectivity index (χ0v) is 12.6. The molecule has 1 aliphatic heterocycles. The molecule has 1 N–H and O–H groups in total. The number of hydrogen-bond donors (Lipinski definition) is 1. The first-order valence-electron chi connectivity index (χ1n) is 7.62. The summed E-state index contributed by atoms with van der Waals surface area (Å²) in [7, 11) is 0. The van der Waals surface area contributed by atoms with Crippen molar-refractivity contribution >= 4 is 11.8 Å². The molecule has 116 valence electrons. The normalized spacial score (nSPS) is 17.5. The maximum Gasteiger partial charge on any atom is 0.308 e. The van der Waals surface area contributed by atoms with E-state index in [0.29, 0.717) is 24.3 Å². The fraction of sp³-hybridized carbons (Fsp3) is 0.278. The largest absolute Gasteiger partial charge is 0.481 e. The van der Waals surface area contributed by atoms with E-state index in [1.807, 2.05) is 41.3 Å². The number of carbonyl (C=O) groups is 1. The van der Waals surface area contributed by atoms with Crippen LogP contribution in [0.4, 0.5) is 5.82 Å². The smallest absolute Gasteiger partial charge is 0.308 e. The number of aliphatic carboxylic acids is 1. The lowest BCUT2D eigenvalue weighted by Gasteiger charge is -2.32. The van der Waals surface area contributed by atoms with Crippen molar-refractivity contribution in [2.24, 2.45) is 5.92 Å². The maximum absolute atomic E-state index is 11.2. The molecule has 0 spiro atoms. The Kier molecular flexibility index (Phi) is 4.24. The van der Waals surface area contributed by atoms with E-state index < -0.39 is 11.9 Å². The molecule has 5 nitrogen and oxygen atoms in total. The Morgan fingerprint density at radius 2 is 2.09 bits per heavy atom. The van der Waals surface area contributed by atoms with Crippen LogP contribution in [0.2, 0.25) is 0 Å². The fourth-order valence-corrected chi connectivity index (χ4v) is 2.95. The van der Waals surface area contributed by atoms with Crippen LogP contribution in [0.5, 0.6) is 0 Å². The Balaban J connectivity index is 1.91. The van der Waals surface area contributed by atoms with Gasteiger partial charge in [-0.05, 0) is 24.5 Å². The number of carboxylic acids is 1. The van der Waals surface area contributed by atoms with E-state index in [4.69, 9.17) is 0 Å². The molecule has 0 radical (unpaired) electrons. The number of aromatic nitrogens is 1. The van der Waals surface area contributed by atoms with Crippen LogP contribution >= 0.6 is 0 Å². The molecular formula is C18H17N3O2. The topological polar surface area (TPSA) is 77.2 Å². The molecule has 0 bridgehead atoms. The van der Waals surface area contributed by atoms with Gasteiger partial charge in [-0.15, -0.1) is 0 Å². The molecule has 0 saturated carbocycles. The number of piperidine rings is 1. The zero-order chi connectivity index (χ0) is 16.2. The van der Waals surface area contributed by atoms with Gasteiger partial charge in [0.15, 0.2) is 0 Å². The van der Waals surface area contributed by atoms with Gasteiger partial charge in [0, 0.05) is 24.8 Å². The standard InChI is InChI=1S/C18H17N3O2/c19-10-15-9-16(13-5-2-1-3-6-13)11-20-17(15)21-8-4-7-14(12-21)18(22)23/h1-3,5-6,9,11,14H,4,7-8,12H2,(H,22,23). The Labute approximate surface area is 134 Å². The Morgan fingerprint density at radius 1 is 1.30 bits per heavy atom. The van der Waals surface area contributed by atoms with Crippen LogP contribution < -0.4 is 4.90 Å². The summed E-state index contributed by atoms with van der Waals surface area (Å²) < 4.78 is 0. The summed E-state index contributed by atoms with van der Waals surface area (Å²) in [6.45, 7) is 1.14. The average molecular weight is 307 g/mol. The number of hydrogen-bond acceptors (Lipinski definition) is 4. The molecule has 1 saturated heterocycles. The van der Waals surface area contributed by atoms with Gasteiger partial charge in [0.1, 0.15) is 11.9 Å². The number of carboxylic acid groups (broad SMARTS) is 1. The highest BCUT2D eigenvalue weighted by Gasteiger charge is 2.27. The average Bonchev–Trinajstić information content (AvgIpc) is 2.62. The van der Waals surface area contributed by atoms with Crippen molar-refractivity contribution < 1.29 is 9.90 Å². The highest BCUT2D eigenvalue weighted by atomic mass is 16.4. The van der Waals surface area contributed by atoms with Crippen molar-refractivity contribution in [3.63, 3.8) is 0 Å². The summed E-state index contributed by atoms with van der Waals surface area (Å²) in [5, 5.41) is 18.7. The molecule has 0 amide bonds. The fourth-order valence-electron chi connectivity index (χ4n) is 2.95. The van der Waals surface area contributed by atoms with E-state index in [1.54, 1.807) is 6.20 Å². The SMILES string of the molecule is N#Cc1cc(-c2ccccc2)cnc1N1CCCC(C(=O)O)C1. The van der Waals surface area contributed by atoms with Gasteiger partial charge in [-0.25, -0.2) is 4.98 Å². The van der Waals surface area contributed by atoms with Crippen LogP contribution in [0.25, 0.3) is 11.1 Å². The van der Waals surface area contributed by atoms with Crippen LogP contribution in [0.1, 0.15) is 18.4 Å². The first-order chi connectivity index (χ1) is 11.2. The Bertz CT molecular complexity index is 753. The van der Waals surface area contributed by atoms with Gasteiger partial charge in [0.2, 0.25) is 0 Å². The monoisotopic (exact) mass is 307 g/mol. The van der Waals surface area contributed by atoms with Crippen molar-refractivity contribution in [2.45, 2.75) is 12.8 Å². The van der Waals surface area contributed by atoms with Gasteiger partial charge in [-0.3, -0.25) is 4.79 Å². The second-order valence-electron chi connectivity index (χ2n) is 5.70. The third-order valence-electron chi connectivity index (χ3n) is 4.16. The molecule has 23 heavy (non-hydrogen) atoms. The lowest BCUT2D eigenvalue weighted by Crippen LogP contribution is -2.39. The maximum atomic E-state index is 11.2. The predicted molar refractivity (Wildman–Crippen MR) is 87.0 cm³/mol. The predicted octanol–water partition coefficient (Wildman–Crippen LogP) is 2.92. The van der Waals surface area contributed by atoms with E-state index in [9.17, 15) is 15.2 Å². The molecule has 0 aliphatic carbocycles. The van der Waals surface area contributed by atoms with Gasteiger partial charge < -0.3 is 10.0 Å². The van der Waals surface area contributed by atoms with Gasteiger partial charge in [0.05, 0.1) is 11.5 Å². The van der Waals surface area contributed by atoms with Crippen LogP contribution in [0.3, 0.4) is 0 Å². The lowest BCUT2D eigenvalue weighted by molar-refractivity contribution is -0.141. The highest BCUT2D eigenvalue weighted by molar-refractivity contribution is 5.72. The molecule has 1 aromatic heterocycles. The number of nitrogens with zero attached hydrogens (tertiary/aromatic N) is 3. The van der Waals surface area contributed by atoms with Gasteiger partial charge in [-0.1, -0.05) is 30.3 Å². The molecule has 1 unspecified atom stereocenters. The number of benzene rings is 1. The van der Waals surface area contributed by atoms with Crippen molar-refractivity contribution in [3.05, 3.63) is 48.2 Å². The van der Waals surface area contributed by atoms with Crippen molar-refractivity contribution in [1.82, 2.24) is 4.98 Å². The minimum absolute atomic E-state index is 0.397. The highest BCUT2D eigenvalue weighted by Crippen LogP contribution is 2.28. The first kappa shape index (κ1) is 15.0. The summed E-state index contributed by atoms with van der Waals surface area (Å²) in [5.41, 5.74) is 2.38. The second-order valence-corrected chi connectivity index (χ2v) is 5.70. The molecule has 5 heteroatoms. The Morgan fingerprint density at radius 3 is 2.78 bits per heavy atom. The van der Waals surface area contributed by atoms with E-state index in [-0.39, 0.29) is 0 Å². The van der Waals surface area contributed by atoms with Crippen LogP contribution in [0, 0.1) is 17.2 Å². The van der Waals surface area contributed by atoms with E-state index in [0.717, 1.165) is 24.1 Å². The lowest BCUT2D eigenvalue weighted by atomic mass is 9.97. The number of rotatable bonds is 3. The van der Waals surface area contributed by atoms with Gasteiger partial charge >= 0.3 is 5.97 Å². The second kappa shape index (κ2) is 6.49. The molecule has 1 atom stereocenters. The minimum Gasteiger partial charge on any atom is -0.481 e. The van der Waals surface area contributed by atoms with E-state index in [2.05, 4.69) is 11.1 Å². The van der Waals surface area contributed by atoms with Crippen LogP contribution in [-0.4, -0.2) is 29.1 Å². The molecular weight excluding hydrogens is 290 g/mol. The zero-order valence-electron chi connectivity index (χ0n) is 12.6. The number of anilines is 1. The van der Waals surface area contributed by atoms with Crippen LogP contribution in [0.15, 0.2) is 42.6 Å². The molecule has 2 heterocycles.